The minimum atomic E-state index is 0.509. The van der Waals surface area contributed by atoms with E-state index in [0.717, 1.165) is 46.8 Å². The number of hydrogen-bond acceptors (Lipinski definition) is 3. The summed E-state index contributed by atoms with van der Waals surface area (Å²) in [5, 5.41) is 7.09. The lowest BCUT2D eigenvalue weighted by Crippen LogP contribution is -2.38. The number of nitrogens with zero attached hydrogens (tertiary/aromatic N) is 2. The first-order chi connectivity index (χ1) is 12.1. The van der Waals surface area contributed by atoms with Crippen molar-refractivity contribution in [3.8, 4) is 5.75 Å². The van der Waals surface area contributed by atoms with Gasteiger partial charge >= 0.3 is 0 Å². The number of ether oxygens (including phenoxy) is 1. The summed E-state index contributed by atoms with van der Waals surface area (Å²) in [6.07, 6.45) is 2.63. The zero-order chi connectivity index (χ0) is 18.1. The molecule has 25 heavy (non-hydrogen) atoms. The molecule has 0 aliphatic heterocycles. The number of halogens is 2. The summed E-state index contributed by atoms with van der Waals surface area (Å²) in [7, 11) is 1.67. The third kappa shape index (κ3) is 6.55. The minimum Gasteiger partial charge on any atom is -0.496 e. The summed E-state index contributed by atoms with van der Waals surface area (Å²) in [6, 6.07) is 9.69. The maximum absolute atomic E-state index is 5.80. The Balaban J connectivity index is 1.96. The number of aliphatic imine (C=N–C) groups is 1. The number of benzene rings is 1. The zero-order valence-electron chi connectivity index (χ0n) is 14.4. The van der Waals surface area contributed by atoms with Crippen LogP contribution in [0.1, 0.15) is 18.1 Å². The molecule has 0 atom stereocenters. The molecule has 0 bridgehead atoms. The lowest BCUT2D eigenvalue weighted by atomic mass is 10.2. The summed E-state index contributed by atoms with van der Waals surface area (Å²) < 4.78 is 6.40. The van der Waals surface area contributed by atoms with Crippen molar-refractivity contribution in [3.05, 3.63) is 57.3 Å². The molecule has 0 aliphatic rings. The normalized spacial score (nSPS) is 11.3. The van der Waals surface area contributed by atoms with Crippen molar-refractivity contribution in [2.45, 2.75) is 19.9 Å². The smallest absolute Gasteiger partial charge is 0.191 e. The average Bonchev–Trinajstić information content (AvgIpc) is 2.61. The Hall–Kier alpha value is -1.79. The lowest BCUT2D eigenvalue weighted by Gasteiger charge is -2.12. The Labute approximate surface area is 162 Å². The lowest BCUT2D eigenvalue weighted by molar-refractivity contribution is 0.409. The summed E-state index contributed by atoms with van der Waals surface area (Å²) in [5.41, 5.74) is 2.15. The number of nitrogens with one attached hydrogen (secondary N) is 2. The van der Waals surface area contributed by atoms with Gasteiger partial charge in [0.25, 0.3) is 0 Å². The highest BCUT2D eigenvalue weighted by molar-refractivity contribution is 9.10. The van der Waals surface area contributed by atoms with E-state index in [1.165, 1.54) is 0 Å². The van der Waals surface area contributed by atoms with E-state index >= 15 is 0 Å². The fourth-order valence-corrected chi connectivity index (χ4v) is 2.78. The summed E-state index contributed by atoms with van der Waals surface area (Å²) in [5.74, 6) is 1.60. The number of rotatable bonds is 7. The van der Waals surface area contributed by atoms with Gasteiger partial charge in [0.2, 0.25) is 0 Å². The Morgan fingerprint density at radius 3 is 2.80 bits per heavy atom. The Morgan fingerprint density at radius 2 is 2.12 bits per heavy atom. The van der Waals surface area contributed by atoms with Crippen molar-refractivity contribution in [3.63, 3.8) is 0 Å². The molecule has 0 unspecified atom stereocenters. The standard InChI is InChI=1S/C18H22BrClN4O/c1-3-21-18(22-9-8-13-4-7-17(20)23-11-13)24-12-14-10-15(19)5-6-16(14)25-2/h4-7,10-11H,3,8-9,12H2,1-2H3,(H2,21,22,24). The van der Waals surface area contributed by atoms with Gasteiger partial charge in [0.05, 0.1) is 13.7 Å². The van der Waals surface area contributed by atoms with Crippen molar-refractivity contribution in [2.24, 2.45) is 4.99 Å². The molecule has 5 nitrogen and oxygen atoms in total. The maximum atomic E-state index is 5.80. The third-order valence-electron chi connectivity index (χ3n) is 3.49. The Kier molecular flexibility index (Phi) is 8.01. The molecule has 0 amide bonds. The van der Waals surface area contributed by atoms with Gasteiger partial charge in [-0.1, -0.05) is 33.6 Å². The molecule has 1 aromatic heterocycles. The largest absolute Gasteiger partial charge is 0.496 e. The van der Waals surface area contributed by atoms with Crippen LogP contribution in [0.2, 0.25) is 5.15 Å². The number of hydrogen-bond donors (Lipinski definition) is 2. The van der Waals surface area contributed by atoms with E-state index in [1.807, 2.05) is 31.2 Å². The van der Waals surface area contributed by atoms with Gasteiger partial charge in [-0.2, -0.15) is 0 Å². The summed E-state index contributed by atoms with van der Waals surface area (Å²) >= 11 is 9.29. The van der Waals surface area contributed by atoms with Crippen LogP contribution in [0.5, 0.6) is 5.75 Å². The van der Waals surface area contributed by atoms with E-state index < -0.39 is 0 Å². The highest BCUT2D eigenvalue weighted by Gasteiger charge is 2.04. The van der Waals surface area contributed by atoms with Crippen LogP contribution in [0, 0.1) is 0 Å². The third-order valence-corrected chi connectivity index (χ3v) is 4.21. The van der Waals surface area contributed by atoms with Gasteiger partial charge in [0.15, 0.2) is 5.96 Å². The van der Waals surface area contributed by atoms with Gasteiger partial charge in [-0.3, -0.25) is 0 Å². The second-order valence-electron chi connectivity index (χ2n) is 5.32. The molecule has 0 radical (unpaired) electrons. The van der Waals surface area contributed by atoms with Gasteiger partial charge in [0.1, 0.15) is 10.9 Å². The minimum absolute atomic E-state index is 0.509. The van der Waals surface area contributed by atoms with Crippen LogP contribution in [0.4, 0.5) is 0 Å². The van der Waals surface area contributed by atoms with Crippen molar-refractivity contribution in [1.82, 2.24) is 15.6 Å². The van der Waals surface area contributed by atoms with Crippen LogP contribution in [0.3, 0.4) is 0 Å². The Morgan fingerprint density at radius 1 is 1.28 bits per heavy atom. The predicted molar refractivity (Wildman–Crippen MR) is 106 cm³/mol. The quantitative estimate of drug-likeness (QED) is 0.402. The van der Waals surface area contributed by atoms with Crippen molar-refractivity contribution in [2.75, 3.05) is 20.2 Å². The molecule has 2 aromatic rings. The highest BCUT2D eigenvalue weighted by Crippen LogP contribution is 2.23. The van der Waals surface area contributed by atoms with E-state index in [2.05, 4.69) is 36.5 Å². The molecule has 1 heterocycles. The molecule has 134 valence electrons. The fraction of sp³-hybridized carbons (Fsp3) is 0.333. The van der Waals surface area contributed by atoms with E-state index in [4.69, 9.17) is 16.3 Å². The molecule has 0 spiro atoms. The summed E-state index contributed by atoms with van der Waals surface area (Å²) in [4.78, 5) is 8.73. The molecule has 0 saturated carbocycles. The number of methoxy groups -OCH3 is 1. The molecular formula is C18H22BrClN4O. The first kappa shape index (κ1) is 19.5. The fourth-order valence-electron chi connectivity index (χ4n) is 2.26. The molecule has 0 aliphatic carbocycles. The van der Waals surface area contributed by atoms with Crippen molar-refractivity contribution in [1.29, 1.82) is 0 Å². The first-order valence-electron chi connectivity index (χ1n) is 8.07. The van der Waals surface area contributed by atoms with Crippen LogP contribution in [0.25, 0.3) is 0 Å². The van der Waals surface area contributed by atoms with Crippen LogP contribution in [0.15, 0.2) is 46.0 Å². The second-order valence-corrected chi connectivity index (χ2v) is 6.62. The molecule has 2 rings (SSSR count). The molecule has 0 fully saturated rings. The van der Waals surface area contributed by atoms with Crippen LogP contribution in [-0.2, 0) is 13.0 Å². The van der Waals surface area contributed by atoms with Gasteiger partial charge in [-0.15, -0.1) is 0 Å². The monoisotopic (exact) mass is 424 g/mol. The van der Waals surface area contributed by atoms with Gasteiger partial charge in [0, 0.05) is 29.3 Å². The van der Waals surface area contributed by atoms with Crippen LogP contribution >= 0.6 is 27.5 Å². The van der Waals surface area contributed by atoms with Crippen LogP contribution < -0.4 is 15.4 Å². The van der Waals surface area contributed by atoms with Crippen LogP contribution in [-0.4, -0.2) is 31.1 Å². The first-order valence-corrected chi connectivity index (χ1v) is 9.24. The van der Waals surface area contributed by atoms with E-state index in [9.17, 15) is 0 Å². The SMILES string of the molecule is CCNC(=NCc1cc(Br)ccc1OC)NCCc1ccc(Cl)nc1. The average molecular weight is 426 g/mol. The number of aromatic nitrogens is 1. The molecular weight excluding hydrogens is 404 g/mol. The van der Waals surface area contributed by atoms with Gasteiger partial charge in [-0.05, 0) is 43.2 Å². The Bertz CT molecular complexity index is 707. The topological polar surface area (TPSA) is 58.5 Å². The van der Waals surface area contributed by atoms with E-state index in [0.29, 0.717) is 11.7 Å². The highest BCUT2D eigenvalue weighted by atomic mass is 79.9. The molecule has 7 heteroatoms. The van der Waals surface area contributed by atoms with E-state index in [-0.39, 0.29) is 0 Å². The zero-order valence-corrected chi connectivity index (χ0v) is 16.7. The van der Waals surface area contributed by atoms with E-state index in [1.54, 1.807) is 19.4 Å². The molecule has 0 saturated heterocycles. The van der Waals surface area contributed by atoms with Gasteiger partial charge < -0.3 is 15.4 Å². The predicted octanol–water partition coefficient (Wildman–Crippen LogP) is 3.80. The number of pyridine rings is 1. The molecule has 2 N–H and O–H groups in total. The van der Waals surface area contributed by atoms with Crippen molar-refractivity contribution >= 4 is 33.5 Å². The second kappa shape index (κ2) is 10.3. The van der Waals surface area contributed by atoms with Gasteiger partial charge in [-0.25, -0.2) is 9.98 Å². The van der Waals surface area contributed by atoms with Crippen molar-refractivity contribution < 1.29 is 4.74 Å². The number of guanidine groups is 1. The maximum Gasteiger partial charge on any atom is 0.191 e. The summed E-state index contributed by atoms with van der Waals surface area (Å²) in [6.45, 7) is 4.12. The molecule has 1 aromatic carbocycles.